The van der Waals surface area contributed by atoms with E-state index in [0.717, 1.165) is 0 Å². The Bertz CT molecular complexity index is 1260. The number of amides is 3. The molecule has 3 aliphatic rings. The highest BCUT2D eigenvalue weighted by Crippen LogP contribution is 2.56. The number of halogens is 1. The molecule has 35 heavy (non-hydrogen) atoms. The fourth-order valence-electron chi connectivity index (χ4n) is 5.36. The van der Waals surface area contributed by atoms with E-state index in [2.05, 4.69) is 15.8 Å². The second-order valence-corrected chi connectivity index (χ2v) is 10.8. The molecule has 9 nitrogen and oxygen atoms in total. The molecule has 1 aromatic carbocycles. The van der Waals surface area contributed by atoms with Crippen LogP contribution in [-0.4, -0.2) is 46.2 Å². The monoisotopic (exact) mass is 498 g/mol. The maximum absolute atomic E-state index is 14.1. The summed E-state index contributed by atoms with van der Waals surface area (Å²) in [6.45, 7) is 9.10. The first-order valence-corrected chi connectivity index (χ1v) is 11.8. The van der Waals surface area contributed by atoms with Crippen molar-refractivity contribution in [3.63, 3.8) is 0 Å². The van der Waals surface area contributed by atoms with Crippen LogP contribution in [0.3, 0.4) is 0 Å². The molecule has 2 N–H and O–H groups in total. The van der Waals surface area contributed by atoms with Gasteiger partial charge in [0.05, 0.1) is 17.9 Å². The van der Waals surface area contributed by atoms with Gasteiger partial charge >= 0.3 is 0 Å². The molecule has 0 saturated carbocycles. The minimum absolute atomic E-state index is 0.253. The van der Waals surface area contributed by atoms with Crippen LogP contribution in [0.5, 0.6) is 0 Å². The van der Waals surface area contributed by atoms with E-state index in [-0.39, 0.29) is 17.6 Å². The van der Waals surface area contributed by atoms with Gasteiger partial charge < -0.3 is 19.9 Å². The number of fused-ring (bicyclic) bond motifs is 1. The van der Waals surface area contributed by atoms with Crippen molar-refractivity contribution in [2.24, 2.45) is 11.8 Å². The van der Waals surface area contributed by atoms with Crippen molar-refractivity contribution in [2.45, 2.75) is 57.9 Å². The maximum Gasteiger partial charge on any atom is 0.246 e. The Morgan fingerprint density at radius 2 is 1.94 bits per heavy atom. The first-order chi connectivity index (χ1) is 16.4. The second kappa shape index (κ2) is 7.93. The van der Waals surface area contributed by atoms with Crippen LogP contribution in [0.1, 0.15) is 32.1 Å². The second-order valence-electron chi connectivity index (χ2n) is 10.3. The van der Waals surface area contributed by atoms with Gasteiger partial charge in [-0.05, 0) is 52.3 Å². The van der Waals surface area contributed by atoms with Crippen molar-refractivity contribution < 1.29 is 23.6 Å². The Kier molecular flexibility index (Phi) is 5.34. The summed E-state index contributed by atoms with van der Waals surface area (Å²) in [4.78, 5) is 42.6. The molecule has 5 rings (SSSR count). The van der Waals surface area contributed by atoms with Crippen LogP contribution in [0, 0.1) is 25.7 Å². The molecule has 1 aromatic heterocycles. The molecular weight excluding hydrogens is 472 g/mol. The largest absolute Gasteiger partial charge is 0.360 e. The number of rotatable bonds is 4. The van der Waals surface area contributed by atoms with Crippen LogP contribution < -0.4 is 15.5 Å². The topological polar surface area (TPSA) is 114 Å². The minimum Gasteiger partial charge on any atom is -0.360 e. The normalized spacial score (nSPS) is 29.0. The molecule has 2 fully saturated rings. The van der Waals surface area contributed by atoms with Gasteiger partial charge in [0.25, 0.3) is 0 Å². The van der Waals surface area contributed by atoms with Crippen molar-refractivity contribution in [2.75, 3.05) is 10.2 Å². The average Bonchev–Trinajstić information content (AvgIpc) is 3.49. The van der Waals surface area contributed by atoms with Crippen molar-refractivity contribution >= 4 is 40.8 Å². The van der Waals surface area contributed by atoms with Gasteiger partial charge in [-0.2, -0.15) is 0 Å². The number of nitrogens with zero attached hydrogens (tertiary/aromatic N) is 2. The summed E-state index contributed by atoms with van der Waals surface area (Å²) < 4.78 is 11.4. The lowest BCUT2D eigenvalue weighted by molar-refractivity contribution is -0.129. The third kappa shape index (κ3) is 3.65. The molecule has 2 saturated heterocycles. The predicted octanol–water partition coefficient (Wildman–Crippen LogP) is 3.15. The van der Waals surface area contributed by atoms with E-state index in [0.29, 0.717) is 22.0 Å². The van der Waals surface area contributed by atoms with Gasteiger partial charge in [-0.15, -0.1) is 0 Å². The van der Waals surface area contributed by atoms with E-state index >= 15 is 0 Å². The molecule has 3 aliphatic heterocycles. The summed E-state index contributed by atoms with van der Waals surface area (Å²) in [5.74, 6) is -2.12. The molecule has 2 bridgehead atoms. The van der Waals surface area contributed by atoms with Crippen LogP contribution in [0.2, 0.25) is 5.02 Å². The highest BCUT2D eigenvalue weighted by atomic mass is 35.5. The number of carbonyl (C=O) groups is 3. The van der Waals surface area contributed by atoms with Crippen LogP contribution in [0.25, 0.3) is 0 Å². The number of aromatic nitrogens is 1. The average molecular weight is 499 g/mol. The molecule has 1 spiro atoms. The minimum atomic E-state index is -1.30. The van der Waals surface area contributed by atoms with Crippen LogP contribution in [-0.2, 0) is 19.1 Å². The Balaban J connectivity index is 1.59. The number of nitrogens with one attached hydrogen (secondary N) is 2. The zero-order valence-corrected chi connectivity index (χ0v) is 20.8. The summed E-state index contributed by atoms with van der Waals surface area (Å²) in [6, 6.07) is 5.77. The van der Waals surface area contributed by atoms with E-state index in [1.807, 2.05) is 20.8 Å². The lowest BCUT2D eigenvalue weighted by atomic mass is 9.74. The maximum atomic E-state index is 14.1. The van der Waals surface area contributed by atoms with E-state index < -0.39 is 41.0 Å². The fraction of sp³-hybridized carbons (Fsp3) is 0.440. The Morgan fingerprint density at radius 3 is 2.60 bits per heavy atom. The van der Waals surface area contributed by atoms with Gasteiger partial charge in [0.2, 0.25) is 17.7 Å². The smallest absolute Gasteiger partial charge is 0.246 e. The lowest BCUT2D eigenvalue weighted by Crippen LogP contribution is -2.58. The number of hydrogen-bond donors (Lipinski definition) is 2. The van der Waals surface area contributed by atoms with Gasteiger partial charge in [0.15, 0.2) is 5.82 Å². The third-order valence-electron chi connectivity index (χ3n) is 6.70. The highest BCUT2D eigenvalue weighted by Gasteiger charge is 2.73. The molecule has 3 amide bonds. The predicted molar refractivity (Wildman–Crippen MR) is 129 cm³/mol. The molecule has 2 aromatic rings. The van der Waals surface area contributed by atoms with Crippen LogP contribution >= 0.6 is 11.6 Å². The van der Waals surface area contributed by atoms with Crippen LogP contribution in [0.4, 0.5) is 11.5 Å². The van der Waals surface area contributed by atoms with Gasteiger partial charge in [-0.1, -0.05) is 35.0 Å². The molecule has 4 heterocycles. The summed E-state index contributed by atoms with van der Waals surface area (Å²) in [6.07, 6.45) is 2.87. The molecule has 0 aliphatic carbocycles. The first kappa shape index (κ1) is 23.6. The third-order valence-corrected chi connectivity index (χ3v) is 7.11. The van der Waals surface area contributed by atoms with Gasteiger partial charge in [-0.25, -0.2) is 0 Å². The fourth-order valence-corrected chi connectivity index (χ4v) is 5.53. The zero-order chi connectivity index (χ0) is 25.3. The summed E-state index contributed by atoms with van der Waals surface area (Å²) in [5.41, 5.74) is -0.684. The van der Waals surface area contributed by atoms with Gasteiger partial charge in [0.1, 0.15) is 17.4 Å². The summed E-state index contributed by atoms with van der Waals surface area (Å²) in [5, 5.41) is 10.0. The summed E-state index contributed by atoms with van der Waals surface area (Å²) >= 11 is 6.38. The summed E-state index contributed by atoms with van der Waals surface area (Å²) in [7, 11) is 0. The standard InChI is InChI=1S/C25H27ClN4O5/c1-12-11-17(29-35-12)27-21(31)18-16-9-10-25(34-16)19(18)23(33)30(15-8-6-7-14(26)13(15)2)20(25)22(32)28-24(3,4)5/h6-11,16,18-20H,1-5H3,(H,28,32)(H,27,29,31)/t16-,18+,19-,20+,25-/m0/s1. The van der Waals surface area contributed by atoms with Crippen molar-refractivity contribution in [1.82, 2.24) is 10.5 Å². The Morgan fingerprint density at radius 1 is 1.20 bits per heavy atom. The lowest BCUT2D eigenvalue weighted by Gasteiger charge is -2.35. The van der Waals surface area contributed by atoms with Crippen molar-refractivity contribution in [3.8, 4) is 0 Å². The van der Waals surface area contributed by atoms with Crippen LogP contribution in [0.15, 0.2) is 40.9 Å². The molecule has 0 radical (unpaired) electrons. The molecule has 10 heteroatoms. The van der Waals surface area contributed by atoms with E-state index in [1.54, 1.807) is 50.3 Å². The quantitative estimate of drug-likeness (QED) is 0.626. The number of anilines is 2. The number of benzene rings is 1. The molecule has 0 unspecified atom stereocenters. The molecular formula is C25H27ClN4O5. The van der Waals surface area contributed by atoms with Gasteiger partial charge in [-0.3, -0.25) is 19.3 Å². The Hall–Kier alpha value is -3.17. The zero-order valence-electron chi connectivity index (χ0n) is 20.1. The number of hydrogen-bond acceptors (Lipinski definition) is 6. The van der Waals surface area contributed by atoms with E-state index in [4.69, 9.17) is 20.9 Å². The van der Waals surface area contributed by atoms with E-state index in [1.165, 1.54) is 4.90 Å². The first-order valence-electron chi connectivity index (χ1n) is 11.4. The number of aryl methyl sites for hydroxylation is 1. The molecule has 5 atom stereocenters. The Labute approximate surface area is 207 Å². The van der Waals surface area contributed by atoms with Crippen molar-refractivity contribution in [3.05, 3.63) is 52.8 Å². The number of ether oxygens (including phenoxy) is 1. The molecule has 184 valence electrons. The van der Waals surface area contributed by atoms with Crippen molar-refractivity contribution in [1.29, 1.82) is 0 Å². The number of carbonyl (C=O) groups excluding carboxylic acids is 3. The van der Waals surface area contributed by atoms with Gasteiger partial charge in [0, 0.05) is 22.3 Å². The van der Waals surface area contributed by atoms with E-state index in [9.17, 15) is 14.4 Å². The SMILES string of the molecule is Cc1cc(NC(=O)[C@@H]2[C@@H]3C=C[C@]4(O3)[C@@H]2C(=O)N(c2cccc(Cl)c2C)[C@@H]4C(=O)NC(C)(C)C)no1. The highest BCUT2D eigenvalue weighted by molar-refractivity contribution is 6.32.